The van der Waals surface area contributed by atoms with Gasteiger partial charge < -0.3 is 4.57 Å². The molecule has 0 unspecified atom stereocenters. The lowest BCUT2D eigenvalue weighted by Gasteiger charge is -2.14. The summed E-state index contributed by atoms with van der Waals surface area (Å²) in [5.41, 5.74) is 8.62. The molecule has 4 nitrogen and oxygen atoms in total. The summed E-state index contributed by atoms with van der Waals surface area (Å²) in [6.45, 7) is 0. The van der Waals surface area contributed by atoms with Gasteiger partial charge in [0, 0.05) is 16.2 Å². The van der Waals surface area contributed by atoms with E-state index in [1.807, 2.05) is 30.3 Å². The molecule has 0 aliphatic rings. The molecule has 0 saturated heterocycles. The van der Waals surface area contributed by atoms with Gasteiger partial charge in [0.2, 0.25) is 0 Å². The second kappa shape index (κ2) is 8.15. The second-order valence-corrected chi connectivity index (χ2v) is 9.58. The molecule has 0 amide bonds. The van der Waals surface area contributed by atoms with Gasteiger partial charge >= 0.3 is 0 Å². The van der Waals surface area contributed by atoms with E-state index in [9.17, 15) is 0 Å². The molecule has 0 N–H and O–H groups in total. The molecule has 0 atom stereocenters. The molecule has 0 saturated carbocycles. The van der Waals surface area contributed by atoms with Gasteiger partial charge in [-0.3, -0.25) is 0 Å². The lowest BCUT2D eigenvalue weighted by Crippen LogP contribution is -1.97. The quantitative estimate of drug-likeness (QED) is 0.252. The van der Waals surface area contributed by atoms with E-state index in [4.69, 9.17) is 5.10 Å². The van der Waals surface area contributed by atoms with E-state index in [-0.39, 0.29) is 0 Å². The first-order valence-electron chi connectivity index (χ1n) is 12.8. The van der Waals surface area contributed by atoms with Crippen molar-refractivity contribution in [1.29, 1.82) is 0 Å². The molecule has 178 valence electrons. The Morgan fingerprint density at radius 3 is 1.87 bits per heavy atom. The molecular formula is C34H22N4. The maximum absolute atomic E-state index is 4.78. The third kappa shape index (κ3) is 3.10. The van der Waals surface area contributed by atoms with Crippen LogP contribution in [0.3, 0.4) is 0 Å². The minimum atomic E-state index is 0.877. The van der Waals surface area contributed by atoms with Crippen LogP contribution in [0.1, 0.15) is 0 Å². The van der Waals surface area contributed by atoms with Crippen LogP contribution in [0.5, 0.6) is 0 Å². The minimum absolute atomic E-state index is 0.877. The van der Waals surface area contributed by atoms with Crippen molar-refractivity contribution in [3.05, 3.63) is 133 Å². The molecule has 0 bridgehead atoms. The Balaban J connectivity index is 1.34. The molecule has 4 heteroatoms. The van der Waals surface area contributed by atoms with E-state index in [0.29, 0.717) is 0 Å². The van der Waals surface area contributed by atoms with Crippen LogP contribution in [0, 0.1) is 0 Å². The van der Waals surface area contributed by atoms with E-state index >= 15 is 0 Å². The zero-order valence-electron chi connectivity index (χ0n) is 20.5. The zero-order chi connectivity index (χ0) is 25.1. The van der Waals surface area contributed by atoms with Gasteiger partial charge in [-0.25, -0.2) is 0 Å². The summed E-state index contributed by atoms with van der Waals surface area (Å²) in [4.78, 5) is 1.71. The van der Waals surface area contributed by atoms with Gasteiger partial charge in [-0.1, -0.05) is 91.0 Å². The average molecular weight is 487 g/mol. The first kappa shape index (κ1) is 20.9. The Bertz CT molecular complexity index is 2080. The minimum Gasteiger partial charge on any atom is -0.309 e. The first-order valence-corrected chi connectivity index (χ1v) is 12.8. The predicted octanol–water partition coefficient (Wildman–Crippen LogP) is 8.34. The van der Waals surface area contributed by atoms with Gasteiger partial charge in [0.05, 0.1) is 22.4 Å². The highest BCUT2D eigenvalue weighted by atomic mass is 15.5. The number of para-hydroxylation sites is 3. The Hall–Kier alpha value is -5.22. The van der Waals surface area contributed by atoms with E-state index in [1.165, 1.54) is 43.8 Å². The van der Waals surface area contributed by atoms with Crippen molar-refractivity contribution in [1.82, 2.24) is 19.6 Å². The monoisotopic (exact) mass is 486 g/mol. The van der Waals surface area contributed by atoms with Crippen molar-refractivity contribution in [3.8, 4) is 22.5 Å². The number of fused-ring (bicyclic) bond motifs is 5. The van der Waals surface area contributed by atoms with E-state index in [2.05, 4.69) is 113 Å². The molecule has 0 radical (unpaired) electrons. The Kier molecular flexibility index (Phi) is 4.49. The van der Waals surface area contributed by atoms with Gasteiger partial charge in [-0.2, -0.15) is 4.80 Å². The Morgan fingerprint density at radius 2 is 1.08 bits per heavy atom. The molecule has 6 aromatic carbocycles. The first-order chi connectivity index (χ1) is 18.8. The number of aromatic nitrogens is 4. The second-order valence-electron chi connectivity index (χ2n) is 9.58. The highest BCUT2D eigenvalue weighted by Gasteiger charge is 2.15. The summed E-state index contributed by atoms with van der Waals surface area (Å²) in [6, 6.07) is 46.9. The fraction of sp³-hybridized carbons (Fsp3) is 0. The third-order valence-electron chi connectivity index (χ3n) is 7.40. The number of rotatable bonds is 3. The largest absolute Gasteiger partial charge is 0.309 e. The van der Waals surface area contributed by atoms with Crippen LogP contribution in [0.25, 0.3) is 66.1 Å². The summed E-state index contributed by atoms with van der Waals surface area (Å²) in [7, 11) is 0. The van der Waals surface area contributed by atoms with Crippen molar-refractivity contribution in [2.24, 2.45) is 0 Å². The summed E-state index contributed by atoms with van der Waals surface area (Å²) in [5, 5.41) is 14.4. The van der Waals surface area contributed by atoms with Gasteiger partial charge in [0.1, 0.15) is 11.0 Å². The predicted molar refractivity (Wildman–Crippen MR) is 156 cm³/mol. The number of nitrogens with zero attached hydrogens (tertiary/aromatic N) is 4. The van der Waals surface area contributed by atoms with Crippen LogP contribution in [0.2, 0.25) is 0 Å². The van der Waals surface area contributed by atoms with Crippen molar-refractivity contribution < 1.29 is 0 Å². The molecule has 8 rings (SSSR count). The van der Waals surface area contributed by atoms with E-state index in [1.54, 1.807) is 4.80 Å². The molecule has 38 heavy (non-hydrogen) atoms. The lowest BCUT2D eigenvalue weighted by atomic mass is 9.97. The van der Waals surface area contributed by atoms with Crippen molar-refractivity contribution in [2.45, 2.75) is 0 Å². The van der Waals surface area contributed by atoms with Gasteiger partial charge in [0.15, 0.2) is 0 Å². The average Bonchev–Trinajstić information content (AvgIpc) is 3.56. The van der Waals surface area contributed by atoms with Crippen molar-refractivity contribution >= 4 is 43.6 Å². The Labute approximate surface area is 219 Å². The van der Waals surface area contributed by atoms with Crippen LogP contribution < -0.4 is 0 Å². The van der Waals surface area contributed by atoms with Crippen LogP contribution in [0.15, 0.2) is 133 Å². The number of hydrogen-bond donors (Lipinski definition) is 0. The van der Waals surface area contributed by atoms with E-state index in [0.717, 1.165) is 22.3 Å². The maximum atomic E-state index is 4.78. The fourth-order valence-corrected chi connectivity index (χ4v) is 5.68. The molecule has 0 aliphatic carbocycles. The highest BCUT2D eigenvalue weighted by Crippen LogP contribution is 2.37. The molecule has 0 fully saturated rings. The van der Waals surface area contributed by atoms with Gasteiger partial charge in [-0.05, 0) is 59.0 Å². The SMILES string of the molecule is c1ccc(-n2nc3ccc(-c4cccc5c(-n6c7ccccc7c7ccccc76)cccc45)cc3n2)cc1. The molecule has 2 heterocycles. The summed E-state index contributed by atoms with van der Waals surface area (Å²) < 4.78 is 2.39. The van der Waals surface area contributed by atoms with Gasteiger partial charge in [-0.15, -0.1) is 10.2 Å². The number of benzene rings is 6. The van der Waals surface area contributed by atoms with Crippen LogP contribution in [-0.4, -0.2) is 19.6 Å². The highest BCUT2D eigenvalue weighted by molar-refractivity contribution is 6.11. The smallest absolute Gasteiger partial charge is 0.114 e. The summed E-state index contributed by atoms with van der Waals surface area (Å²) in [6.07, 6.45) is 0. The van der Waals surface area contributed by atoms with Crippen LogP contribution in [0.4, 0.5) is 0 Å². The standard InChI is InChI=1S/C34H22N4/c1-2-10-24(11-3-1)38-35-30-21-20-23(22-31(30)36-38)25-14-8-16-27-26(25)15-9-19-34(27)37-32-17-6-4-12-28(32)29-13-5-7-18-33(29)37/h1-22H. The van der Waals surface area contributed by atoms with Crippen molar-refractivity contribution in [2.75, 3.05) is 0 Å². The van der Waals surface area contributed by atoms with Crippen LogP contribution >= 0.6 is 0 Å². The molecule has 0 spiro atoms. The van der Waals surface area contributed by atoms with Crippen LogP contribution in [-0.2, 0) is 0 Å². The van der Waals surface area contributed by atoms with Crippen molar-refractivity contribution in [3.63, 3.8) is 0 Å². The maximum Gasteiger partial charge on any atom is 0.114 e. The molecular weight excluding hydrogens is 464 g/mol. The topological polar surface area (TPSA) is 35.6 Å². The molecule has 8 aromatic rings. The zero-order valence-corrected chi connectivity index (χ0v) is 20.5. The third-order valence-corrected chi connectivity index (χ3v) is 7.40. The summed E-state index contributed by atoms with van der Waals surface area (Å²) in [5.74, 6) is 0. The Morgan fingerprint density at radius 1 is 0.447 bits per heavy atom. The van der Waals surface area contributed by atoms with E-state index < -0.39 is 0 Å². The fourth-order valence-electron chi connectivity index (χ4n) is 5.68. The normalized spacial score (nSPS) is 11.7. The van der Waals surface area contributed by atoms with Gasteiger partial charge in [0.25, 0.3) is 0 Å². The number of hydrogen-bond acceptors (Lipinski definition) is 2. The molecule has 0 aliphatic heterocycles. The summed E-state index contributed by atoms with van der Waals surface area (Å²) >= 11 is 0. The molecule has 2 aromatic heterocycles. The lowest BCUT2D eigenvalue weighted by molar-refractivity contribution is 0.766.